The van der Waals surface area contributed by atoms with Gasteiger partial charge in [-0.05, 0) is 49.8 Å². The topological polar surface area (TPSA) is 73.3 Å². The third kappa shape index (κ3) is 5.08. The maximum absolute atomic E-state index is 12.3. The van der Waals surface area contributed by atoms with E-state index in [-0.39, 0.29) is 5.91 Å². The SMILES string of the molecule is CSc1nc(C)c(CCC(=O)NCc2cc(Cl)c3c(c2)OCCCO3)c(C)n1. The number of amides is 1. The van der Waals surface area contributed by atoms with Crippen LogP contribution in [0.2, 0.25) is 5.02 Å². The Hall–Kier alpha value is -1.99. The number of nitrogens with one attached hydrogen (secondary N) is 1. The Balaban J connectivity index is 1.58. The first-order valence-electron chi connectivity index (χ1n) is 9.20. The molecule has 0 fully saturated rings. The van der Waals surface area contributed by atoms with E-state index < -0.39 is 0 Å². The van der Waals surface area contributed by atoms with E-state index in [0.717, 1.165) is 34.1 Å². The van der Waals surface area contributed by atoms with Gasteiger partial charge >= 0.3 is 0 Å². The summed E-state index contributed by atoms with van der Waals surface area (Å²) in [7, 11) is 0. The van der Waals surface area contributed by atoms with Gasteiger partial charge in [-0.25, -0.2) is 9.97 Å². The van der Waals surface area contributed by atoms with E-state index in [1.54, 1.807) is 6.07 Å². The molecule has 0 saturated carbocycles. The summed E-state index contributed by atoms with van der Waals surface area (Å²) in [6.07, 6.45) is 3.76. The number of thioether (sulfide) groups is 1. The van der Waals surface area contributed by atoms with Crippen LogP contribution in [0.25, 0.3) is 0 Å². The number of ether oxygens (including phenoxy) is 2. The lowest BCUT2D eigenvalue weighted by atomic mass is 10.1. The maximum atomic E-state index is 12.3. The van der Waals surface area contributed by atoms with Gasteiger partial charge in [-0.15, -0.1) is 0 Å². The molecule has 1 aliphatic rings. The summed E-state index contributed by atoms with van der Waals surface area (Å²) in [6, 6.07) is 3.68. The lowest BCUT2D eigenvalue weighted by Gasteiger charge is -2.13. The van der Waals surface area contributed by atoms with Gasteiger partial charge in [0.1, 0.15) is 0 Å². The average molecular weight is 422 g/mol. The summed E-state index contributed by atoms with van der Waals surface area (Å²) in [4.78, 5) is 21.2. The highest BCUT2D eigenvalue weighted by molar-refractivity contribution is 7.98. The van der Waals surface area contributed by atoms with Crippen molar-refractivity contribution >= 4 is 29.3 Å². The number of fused-ring (bicyclic) bond motifs is 1. The molecule has 8 heteroatoms. The lowest BCUT2D eigenvalue weighted by Crippen LogP contribution is -2.23. The Morgan fingerprint density at radius 1 is 1.21 bits per heavy atom. The fourth-order valence-electron chi connectivity index (χ4n) is 3.08. The fourth-order valence-corrected chi connectivity index (χ4v) is 3.82. The predicted molar refractivity (Wildman–Crippen MR) is 111 cm³/mol. The average Bonchev–Trinajstić information content (AvgIpc) is 2.91. The zero-order valence-electron chi connectivity index (χ0n) is 16.3. The Bertz CT molecular complexity index is 853. The highest BCUT2D eigenvalue weighted by atomic mass is 35.5. The zero-order valence-corrected chi connectivity index (χ0v) is 17.9. The van der Waals surface area contributed by atoms with Gasteiger partial charge in [-0.3, -0.25) is 4.79 Å². The van der Waals surface area contributed by atoms with Crippen molar-refractivity contribution in [2.24, 2.45) is 0 Å². The van der Waals surface area contributed by atoms with Crippen LogP contribution < -0.4 is 14.8 Å². The van der Waals surface area contributed by atoms with E-state index >= 15 is 0 Å². The smallest absolute Gasteiger partial charge is 0.220 e. The first kappa shape index (κ1) is 20.7. The number of rotatable bonds is 6. The molecule has 2 aromatic rings. The van der Waals surface area contributed by atoms with Crippen LogP contribution in [0.15, 0.2) is 17.3 Å². The number of halogens is 1. The Morgan fingerprint density at radius 2 is 1.93 bits per heavy atom. The number of nitrogens with zero attached hydrogens (tertiary/aromatic N) is 2. The number of carbonyl (C=O) groups is 1. The molecule has 1 amide bonds. The molecule has 28 heavy (non-hydrogen) atoms. The second kappa shape index (κ2) is 9.47. The van der Waals surface area contributed by atoms with Crippen molar-refractivity contribution in [3.63, 3.8) is 0 Å². The van der Waals surface area contributed by atoms with Crippen molar-refractivity contribution in [3.8, 4) is 11.5 Å². The standard InChI is InChI=1S/C20H24ClN3O3S/c1-12-15(13(2)24-20(23-12)28-3)5-6-18(25)22-11-14-9-16(21)19-17(10-14)26-7-4-8-27-19/h9-10H,4-8,11H2,1-3H3,(H,22,25). The monoisotopic (exact) mass is 421 g/mol. The van der Waals surface area contributed by atoms with Crippen molar-refractivity contribution in [1.82, 2.24) is 15.3 Å². The molecule has 6 nitrogen and oxygen atoms in total. The molecular formula is C20H24ClN3O3S. The van der Waals surface area contributed by atoms with Gasteiger partial charge in [0.15, 0.2) is 16.7 Å². The molecule has 1 aromatic carbocycles. The van der Waals surface area contributed by atoms with Crippen LogP contribution in [-0.4, -0.2) is 35.3 Å². The van der Waals surface area contributed by atoms with E-state index in [0.29, 0.717) is 49.1 Å². The number of carbonyl (C=O) groups excluding carboxylic acids is 1. The van der Waals surface area contributed by atoms with Crippen molar-refractivity contribution < 1.29 is 14.3 Å². The molecule has 0 aliphatic carbocycles. The van der Waals surface area contributed by atoms with E-state index in [9.17, 15) is 4.79 Å². The van der Waals surface area contributed by atoms with Crippen LogP contribution >= 0.6 is 23.4 Å². The number of aromatic nitrogens is 2. The molecule has 1 N–H and O–H groups in total. The van der Waals surface area contributed by atoms with Crippen LogP contribution in [0.5, 0.6) is 11.5 Å². The van der Waals surface area contributed by atoms with Gasteiger partial charge in [0.25, 0.3) is 0 Å². The molecule has 0 spiro atoms. The Kier molecular flexibility index (Phi) is 7.02. The summed E-state index contributed by atoms with van der Waals surface area (Å²) < 4.78 is 11.3. The minimum atomic E-state index is -0.0315. The molecule has 0 unspecified atom stereocenters. The molecular weight excluding hydrogens is 398 g/mol. The van der Waals surface area contributed by atoms with Gasteiger partial charge in [0.05, 0.1) is 18.2 Å². The maximum Gasteiger partial charge on any atom is 0.220 e. The summed E-state index contributed by atoms with van der Waals surface area (Å²) >= 11 is 7.82. The second-order valence-corrected chi connectivity index (χ2v) is 7.77. The number of hydrogen-bond acceptors (Lipinski definition) is 6. The highest BCUT2D eigenvalue weighted by Gasteiger charge is 2.16. The quantitative estimate of drug-likeness (QED) is 0.563. The Labute approximate surface area is 174 Å². The third-order valence-corrected chi connectivity index (χ3v) is 5.36. The Morgan fingerprint density at radius 3 is 2.64 bits per heavy atom. The fraction of sp³-hybridized carbons (Fsp3) is 0.450. The molecule has 3 rings (SSSR count). The molecule has 1 aliphatic heterocycles. The molecule has 1 aromatic heterocycles. The van der Waals surface area contributed by atoms with E-state index in [1.165, 1.54) is 11.8 Å². The molecule has 0 bridgehead atoms. The highest BCUT2D eigenvalue weighted by Crippen LogP contribution is 2.37. The summed E-state index contributed by atoms with van der Waals surface area (Å²) in [5.74, 6) is 1.18. The third-order valence-electron chi connectivity index (χ3n) is 4.54. The molecule has 0 radical (unpaired) electrons. The van der Waals surface area contributed by atoms with Crippen LogP contribution in [-0.2, 0) is 17.8 Å². The van der Waals surface area contributed by atoms with Crippen molar-refractivity contribution in [2.75, 3.05) is 19.5 Å². The van der Waals surface area contributed by atoms with Gasteiger partial charge < -0.3 is 14.8 Å². The number of hydrogen-bond donors (Lipinski definition) is 1. The molecule has 0 saturated heterocycles. The first-order valence-corrected chi connectivity index (χ1v) is 10.8. The van der Waals surface area contributed by atoms with E-state index in [2.05, 4.69) is 15.3 Å². The van der Waals surface area contributed by atoms with Gasteiger partial charge in [-0.1, -0.05) is 23.4 Å². The first-order chi connectivity index (χ1) is 13.5. The van der Waals surface area contributed by atoms with Crippen LogP contribution in [0.4, 0.5) is 0 Å². The minimum Gasteiger partial charge on any atom is -0.489 e. The zero-order chi connectivity index (χ0) is 20.1. The molecule has 2 heterocycles. The molecule has 150 valence electrons. The second-order valence-electron chi connectivity index (χ2n) is 6.59. The van der Waals surface area contributed by atoms with Crippen molar-refractivity contribution in [1.29, 1.82) is 0 Å². The minimum absolute atomic E-state index is 0.0315. The van der Waals surface area contributed by atoms with Crippen LogP contribution in [0, 0.1) is 13.8 Å². The van der Waals surface area contributed by atoms with Gasteiger partial charge in [-0.2, -0.15) is 0 Å². The lowest BCUT2D eigenvalue weighted by molar-refractivity contribution is -0.121. The van der Waals surface area contributed by atoms with Crippen molar-refractivity contribution in [2.45, 2.75) is 44.8 Å². The summed E-state index contributed by atoms with van der Waals surface area (Å²) in [6.45, 7) is 5.48. The normalized spacial score (nSPS) is 13.1. The van der Waals surface area contributed by atoms with E-state index in [1.807, 2.05) is 26.2 Å². The van der Waals surface area contributed by atoms with Crippen LogP contribution in [0.1, 0.15) is 35.4 Å². The van der Waals surface area contributed by atoms with E-state index in [4.69, 9.17) is 21.1 Å². The van der Waals surface area contributed by atoms with Crippen molar-refractivity contribution in [3.05, 3.63) is 39.7 Å². The van der Waals surface area contributed by atoms with Crippen LogP contribution in [0.3, 0.4) is 0 Å². The van der Waals surface area contributed by atoms with Gasteiger partial charge in [0.2, 0.25) is 5.91 Å². The van der Waals surface area contributed by atoms with Gasteiger partial charge in [0, 0.05) is 30.8 Å². The largest absolute Gasteiger partial charge is 0.489 e. The number of benzene rings is 1. The summed E-state index contributed by atoms with van der Waals surface area (Å²) in [5.41, 5.74) is 3.77. The molecule has 0 atom stereocenters. The number of aryl methyl sites for hydroxylation is 2. The predicted octanol–water partition coefficient (Wildman–Crippen LogP) is 3.88. The summed E-state index contributed by atoms with van der Waals surface area (Å²) in [5, 5.41) is 4.20.